The quantitative estimate of drug-likeness (QED) is 0.764. The third-order valence-corrected chi connectivity index (χ3v) is 3.38. The van der Waals surface area contributed by atoms with Crippen molar-refractivity contribution in [2.75, 3.05) is 0 Å². The number of nitrogens with zero attached hydrogens (tertiary/aromatic N) is 1. The summed E-state index contributed by atoms with van der Waals surface area (Å²) < 4.78 is 0. The van der Waals surface area contributed by atoms with Gasteiger partial charge in [0.15, 0.2) is 0 Å². The average molecular weight is 213 g/mol. The van der Waals surface area contributed by atoms with Crippen LogP contribution in [0.15, 0.2) is 28.8 Å². The summed E-state index contributed by atoms with van der Waals surface area (Å²) in [6.07, 6.45) is 5.42. The lowest BCUT2D eigenvalue weighted by atomic mass is 10.0. The van der Waals surface area contributed by atoms with E-state index in [1.807, 2.05) is 12.1 Å². The first-order chi connectivity index (χ1) is 7.72. The van der Waals surface area contributed by atoms with Gasteiger partial charge in [0.2, 0.25) is 0 Å². The maximum Gasteiger partial charge on any atom is 0.115 e. The number of benzene rings is 1. The molecule has 1 aliphatic heterocycles. The molecule has 2 heteroatoms. The molecule has 16 heavy (non-hydrogen) atoms. The Bertz CT molecular complexity index is 499. The minimum atomic E-state index is 0.357. The molecule has 82 valence electrons. The van der Waals surface area contributed by atoms with Crippen molar-refractivity contribution in [3.8, 4) is 5.75 Å². The van der Waals surface area contributed by atoms with Gasteiger partial charge in [-0.25, -0.2) is 0 Å². The van der Waals surface area contributed by atoms with E-state index in [4.69, 9.17) is 0 Å². The topological polar surface area (TPSA) is 32.6 Å². The molecular weight excluding hydrogens is 198 g/mol. The highest BCUT2D eigenvalue weighted by Gasteiger charge is 2.21. The fourth-order valence-corrected chi connectivity index (χ4v) is 2.50. The second kappa shape index (κ2) is 3.48. The molecule has 0 saturated heterocycles. The lowest BCUT2D eigenvalue weighted by Gasteiger charge is -2.01. The smallest absolute Gasteiger partial charge is 0.115 e. The number of phenols is 1. The Labute approximate surface area is 95.3 Å². The van der Waals surface area contributed by atoms with E-state index in [0.717, 1.165) is 12.8 Å². The van der Waals surface area contributed by atoms with Crippen molar-refractivity contribution in [2.45, 2.75) is 32.2 Å². The molecule has 1 aromatic rings. The van der Waals surface area contributed by atoms with Gasteiger partial charge >= 0.3 is 0 Å². The molecule has 0 radical (unpaired) electrons. The molecule has 3 rings (SSSR count). The molecular formula is C14H15NO. The molecule has 0 amide bonds. The summed E-state index contributed by atoms with van der Waals surface area (Å²) in [5.41, 5.74) is 5.06. The third-order valence-electron chi connectivity index (χ3n) is 3.38. The molecule has 0 spiro atoms. The van der Waals surface area contributed by atoms with Crippen molar-refractivity contribution in [2.24, 2.45) is 4.99 Å². The van der Waals surface area contributed by atoms with Crippen molar-refractivity contribution in [3.05, 3.63) is 34.9 Å². The predicted octanol–water partition coefficient (Wildman–Crippen LogP) is 2.96. The van der Waals surface area contributed by atoms with Gasteiger partial charge in [-0.05, 0) is 61.1 Å². The van der Waals surface area contributed by atoms with E-state index < -0.39 is 0 Å². The Kier molecular flexibility index (Phi) is 2.10. The molecule has 1 aromatic carbocycles. The molecule has 2 aliphatic rings. The van der Waals surface area contributed by atoms with Crippen molar-refractivity contribution in [1.82, 2.24) is 0 Å². The monoisotopic (exact) mass is 213 g/mol. The van der Waals surface area contributed by atoms with Crippen LogP contribution in [0.3, 0.4) is 0 Å². The van der Waals surface area contributed by atoms with Crippen LogP contribution in [-0.2, 0) is 6.42 Å². The molecule has 2 nitrogen and oxygen atoms in total. The van der Waals surface area contributed by atoms with Gasteiger partial charge in [0.25, 0.3) is 0 Å². The molecule has 0 aromatic heterocycles. The number of allylic oxidation sites excluding steroid dienone is 1. The second-order valence-corrected chi connectivity index (χ2v) is 4.69. The zero-order chi connectivity index (χ0) is 11.1. The molecule has 1 unspecified atom stereocenters. The van der Waals surface area contributed by atoms with E-state index in [2.05, 4.69) is 18.0 Å². The molecule has 1 atom stereocenters. The van der Waals surface area contributed by atoms with Crippen LogP contribution >= 0.6 is 0 Å². The summed E-state index contributed by atoms with van der Waals surface area (Å²) in [5.74, 6) is 0.357. The van der Waals surface area contributed by atoms with Gasteiger partial charge in [-0.1, -0.05) is 6.07 Å². The second-order valence-electron chi connectivity index (χ2n) is 4.69. The van der Waals surface area contributed by atoms with Gasteiger partial charge < -0.3 is 5.11 Å². The SMILES string of the molecule is CC1CCC(C2=Cc3ccc(O)cc3C2)=N1. The molecule has 1 heterocycles. The zero-order valence-electron chi connectivity index (χ0n) is 9.40. The molecule has 0 bridgehead atoms. The predicted molar refractivity (Wildman–Crippen MR) is 65.9 cm³/mol. The van der Waals surface area contributed by atoms with Crippen LogP contribution in [0.25, 0.3) is 6.08 Å². The fourth-order valence-electron chi connectivity index (χ4n) is 2.50. The third kappa shape index (κ3) is 1.54. The summed E-state index contributed by atoms with van der Waals surface area (Å²) in [6.45, 7) is 2.17. The summed E-state index contributed by atoms with van der Waals surface area (Å²) >= 11 is 0. The Hall–Kier alpha value is -1.57. The van der Waals surface area contributed by atoms with Gasteiger partial charge in [-0.2, -0.15) is 0 Å². The molecule has 0 fully saturated rings. The number of hydrogen-bond acceptors (Lipinski definition) is 2. The first-order valence-electron chi connectivity index (χ1n) is 5.82. The van der Waals surface area contributed by atoms with E-state index in [1.165, 1.54) is 28.8 Å². The molecule has 1 aliphatic carbocycles. The fraction of sp³-hybridized carbons (Fsp3) is 0.357. The van der Waals surface area contributed by atoms with Crippen LogP contribution in [-0.4, -0.2) is 16.9 Å². The lowest BCUT2D eigenvalue weighted by molar-refractivity contribution is 0.474. The van der Waals surface area contributed by atoms with Crippen molar-refractivity contribution < 1.29 is 5.11 Å². The van der Waals surface area contributed by atoms with Crippen molar-refractivity contribution in [1.29, 1.82) is 0 Å². The van der Waals surface area contributed by atoms with Gasteiger partial charge in [0, 0.05) is 11.8 Å². The van der Waals surface area contributed by atoms with Crippen molar-refractivity contribution in [3.63, 3.8) is 0 Å². The number of aromatic hydroxyl groups is 1. The van der Waals surface area contributed by atoms with Crippen LogP contribution in [0.2, 0.25) is 0 Å². The Morgan fingerprint density at radius 2 is 2.25 bits per heavy atom. The van der Waals surface area contributed by atoms with Gasteiger partial charge in [0.1, 0.15) is 5.75 Å². The molecule has 1 N–H and O–H groups in total. The standard InChI is InChI=1S/C14H15NO/c1-9-2-5-14(15-9)12-6-10-3-4-13(16)8-11(10)7-12/h3-4,6,8-9,16H,2,5,7H2,1H3. The largest absolute Gasteiger partial charge is 0.508 e. The van der Waals surface area contributed by atoms with E-state index in [0.29, 0.717) is 11.8 Å². The van der Waals surface area contributed by atoms with Crippen molar-refractivity contribution >= 4 is 11.8 Å². The van der Waals surface area contributed by atoms with E-state index in [9.17, 15) is 5.11 Å². The summed E-state index contributed by atoms with van der Waals surface area (Å²) in [7, 11) is 0. The highest BCUT2D eigenvalue weighted by atomic mass is 16.3. The Morgan fingerprint density at radius 1 is 1.38 bits per heavy atom. The van der Waals surface area contributed by atoms with Crippen LogP contribution in [0.4, 0.5) is 0 Å². The van der Waals surface area contributed by atoms with Gasteiger partial charge in [-0.3, -0.25) is 4.99 Å². The number of rotatable bonds is 1. The summed E-state index contributed by atoms with van der Waals surface area (Å²) in [4.78, 5) is 4.66. The normalized spacial score (nSPS) is 22.9. The minimum absolute atomic E-state index is 0.357. The summed E-state index contributed by atoms with van der Waals surface area (Å²) in [6, 6.07) is 6.07. The Balaban J connectivity index is 1.91. The molecule has 0 saturated carbocycles. The summed E-state index contributed by atoms with van der Waals surface area (Å²) in [5, 5.41) is 9.44. The number of aliphatic imine (C=N–C) groups is 1. The van der Waals surface area contributed by atoms with Crippen LogP contribution in [0, 0.1) is 0 Å². The zero-order valence-corrected chi connectivity index (χ0v) is 9.40. The lowest BCUT2D eigenvalue weighted by Crippen LogP contribution is -1.98. The van der Waals surface area contributed by atoms with E-state index in [1.54, 1.807) is 6.07 Å². The first-order valence-corrected chi connectivity index (χ1v) is 5.82. The highest BCUT2D eigenvalue weighted by Crippen LogP contribution is 2.31. The van der Waals surface area contributed by atoms with Gasteiger partial charge in [-0.15, -0.1) is 0 Å². The maximum atomic E-state index is 9.44. The highest BCUT2D eigenvalue weighted by molar-refractivity contribution is 6.06. The number of fused-ring (bicyclic) bond motifs is 1. The van der Waals surface area contributed by atoms with E-state index in [-0.39, 0.29) is 0 Å². The van der Waals surface area contributed by atoms with Gasteiger partial charge in [0.05, 0.1) is 0 Å². The average Bonchev–Trinajstić information content (AvgIpc) is 2.83. The van der Waals surface area contributed by atoms with Crippen LogP contribution < -0.4 is 0 Å². The van der Waals surface area contributed by atoms with Crippen LogP contribution in [0.5, 0.6) is 5.75 Å². The maximum absolute atomic E-state index is 9.44. The number of phenolic OH excluding ortho intramolecular Hbond substituents is 1. The van der Waals surface area contributed by atoms with E-state index >= 15 is 0 Å². The minimum Gasteiger partial charge on any atom is -0.508 e. The Morgan fingerprint density at radius 3 is 3.00 bits per heavy atom. The van der Waals surface area contributed by atoms with Crippen LogP contribution in [0.1, 0.15) is 30.9 Å². The number of hydrogen-bond donors (Lipinski definition) is 1. The first kappa shape index (κ1) is 9.64.